The first-order valence-corrected chi connectivity index (χ1v) is 6.63. The van der Waals surface area contributed by atoms with Crippen LogP contribution in [-0.4, -0.2) is 10.1 Å². The Balaban J connectivity index is 2.13. The third kappa shape index (κ3) is 2.56. The number of nitrogens with zero attached hydrogens (tertiary/aromatic N) is 1. The molecule has 0 saturated carbocycles. The van der Waals surface area contributed by atoms with Gasteiger partial charge in [0.15, 0.2) is 0 Å². The van der Waals surface area contributed by atoms with Crippen LogP contribution in [0.4, 0.5) is 17.6 Å². The van der Waals surface area contributed by atoms with E-state index in [2.05, 4.69) is 4.98 Å². The number of aromatic nitrogens is 1. The first-order valence-electron chi connectivity index (χ1n) is 5.81. The molecular weight excluding hydrogens is 306 g/mol. The van der Waals surface area contributed by atoms with E-state index in [0.717, 1.165) is 35.6 Å². The summed E-state index contributed by atoms with van der Waals surface area (Å²) in [6, 6.07) is 6.70. The summed E-state index contributed by atoms with van der Waals surface area (Å²) in [7, 11) is 0. The van der Waals surface area contributed by atoms with E-state index in [1.165, 1.54) is 12.1 Å². The lowest BCUT2D eigenvalue weighted by Gasteiger charge is -2.04. The highest BCUT2D eigenvalue weighted by Gasteiger charge is 2.30. The second-order valence-electron chi connectivity index (χ2n) is 4.36. The molecule has 0 radical (unpaired) electrons. The molecule has 0 aliphatic rings. The average Bonchev–Trinajstić information content (AvgIpc) is 2.79. The van der Waals surface area contributed by atoms with Gasteiger partial charge in [-0.25, -0.2) is 9.37 Å². The Morgan fingerprint density at radius 1 is 1.05 bits per heavy atom. The monoisotopic (exact) mass is 313 g/mol. The second kappa shape index (κ2) is 4.70. The van der Waals surface area contributed by atoms with E-state index in [1.54, 1.807) is 0 Å². The summed E-state index contributed by atoms with van der Waals surface area (Å²) in [6.07, 6.45) is -4.43. The van der Waals surface area contributed by atoms with E-state index < -0.39 is 17.6 Å². The Bertz CT molecular complexity index is 825. The van der Waals surface area contributed by atoms with Crippen molar-refractivity contribution in [3.63, 3.8) is 0 Å². The quantitative estimate of drug-likeness (QED) is 0.653. The number of fused-ring (bicyclic) bond motifs is 1. The predicted molar refractivity (Wildman–Crippen MR) is 71.7 cm³/mol. The summed E-state index contributed by atoms with van der Waals surface area (Å²) in [4.78, 5) is 4.08. The Morgan fingerprint density at radius 2 is 1.81 bits per heavy atom. The van der Waals surface area contributed by atoms with E-state index in [4.69, 9.17) is 0 Å². The van der Waals surface area contributed by atoms with Crippen molar-refractivity contribution in [3.05, 3.63) is 47.8 Å². The van der Waals surface area contributed by atoms with Crippen LogP contribution in [0.2, 0.25) is 0 Å². The summed E-state index contributed by atoms with van der Waals surface area (Å²) < 4.78 is 51.5. The number of alkyl halides is 3. The molecule has 7 heteroatoms. The molecule has 1 heterocycles. The van der Waals surface area contributed by atoms with Crippen LogP contribution in [0.15, 0.2) is 36.4 Å². The summed E-state index contributed by atoms with van der Waals surface area (Å²) in [5.41, 5.74) is -0.310. The molecule has 0 saturated heterocycles. The molecule has 0 aliphatic carbocycles. The van der Waals surface area contributed by atoms with Gasteiger partial charge >= 0.3 is 6.18 Å². The minimum atomic E-state index is -4.43. The number of aromatic hydroxyl groups is 1. The van der Waals surface area contributed by atoms with Gasteiger partial charge in [-0.3, -0.25) is 0 Å². The molecule has 3 rings (SSSR count). The fraction of sp³-hybridized carbons (Fsp3) is 0.0714. The van der Waals surface area contributed by atoms with Crippen molar-refractivity contribution in [2.24, 2.45) is 0 Å². The van der Waals surface area contributed by atoms with Gasteiger partial charge in [-0.05, 0) is 30.3 Å². The second-order valence-corrected chi connectivity index (χ2v) is 5.39. The topological polar surface area (TPSA) is 33.1 Å². The van der Waals surface area contributed by atoms with Gasteiger partial charge in [0.05, 0.1) is 21.3 Å². The average molecular weight is 313 g/mol. The first-order chi connectivity index (χ1) is 9.84. The van der Waals surface area contributed by atoms with Crippen LogP contribution >= 0.6 is 11.3 Å². The largest absolute Gasteiger partial charge is 0.507 e. The van der Waals surface area contributed by atoms with Crippen molar-refractivity contribution < 1.29 is 22.7 Å². The predicted octanol–water partition coefficient (Wildman–Crippen LogP) is 4.83. The Kier molecular flexibility index (Phi) is 3.09. The smallest absolute Gasteiger partial charge is 0.416 e. The zero-order valence-corrected chi connectivity index (χ0v) is 11.1. The fourth-order valence-corrected chi connectivity index (χ4v) is 2.88. The maximum absolute atomic E-state index is 12.9. The van der Waals surface area contributed by atoms with Crippen LogP contribution in [0, 0.1) is 5.82 Å². The number of hydrogen-bond donors (Lipinski definition) is 1. The number of benzene rings is 2. The van der Waals surface area contributed by atoms with Crippen molar-refractivity contribution >= 4 is 21.6 Å². The SMILES string of the molecule is Oc1cc(F)ccc1-c1nc2cc(C(F)(F)F)ccc2s1. The van der Waals surface area contributed by atoms with E-state index in [9.17, 15) is 22.7 Å². The standard InChI is InChI=1S/C14H7F4NOS/c15-8-2-3-9(11(20)6-8)13-19-10-5-7(14(16,17)18)1-4-12(10)21-13/h1-6,20H. The van der Waals surface area contributed by atoms with Gasteiger partial charge in [-0.15, -0.1) is 11.3 Å². The van der Waals surface area contributed by atoms with E-state index in [1.807, 2.05) is 0 Å². The third-order valence-corrected chi connectivity index (χ3v) is 3.97. The van der Waals surface area contributed by atoms with Crippen LogP contribution in [0.1, 0.15) is 5.56 Å². The molecule has 0 aliphatic heterocycles. The zero-order chi connectivity index (χ0) is 15.2. The number of phenols is 1. The summed E-state index contributed by atoms with van der Waals surface area (Å²) in [5, 5.41) is 10.0. The van der Waals surface area contributed by atoms with E-state index in [0.29, 0.717) is 9.71 Å². The minimum Gasteiger partial charge on any atom is -0.507 e. The third-order valence-electron chi connectivity index (χ3n) is 2.91. The minimum absolute atomic E-state index is 0.188. The molecule has 2 nitrogen and oxygen atoms in total. The molecule has 21 heavy (non-hydrogen) atoms. The van der Waals surface area contributed by atoms with Gasteiger partial charge in [0.2, 0.25) is 0 Å². The maximum atomic E-state index is 12.9. The number of thiazole rings is 1. The molecule has 0 amide bonds. The summed E-state index contributed by atoms with van der Waals surface area (Å²) >= 11 is 1.13. The van der Waals surface area contributed by atoms with Gasteiger partial charge in [0.1, 0.15) is 16.6 Å². The lowest BCUT2D eigenvalue weighted by molar-refractivity contribution is -0.137. The lowest BCUT2D eigenvalue weighted by Crippen LogP contribution is -2.03. The Labute approximate surface area is 120 Å². The van der Waals surface area contributed by atoms with Gasteiger partial charge in [0, 0.05) is 6.07 Å². The van der Waals surface area contributed by atoms with Crippen molar-refractivity contribution in [1.29, 1.82) is 0 Å². The lowest BCUT2D eigenvalue weighted by atomic mass is 10.2. The summed E-state index contributed by atoms with van der Waals surface area (Å²) in [5.74, 6) is -0.901. The molecule has 1 N–H and O–H groups in total. The van der Waals surface area contributed by atoms with Crippen LogP contribution in [0.3, 0.4) is 0 Å². The fourth-order valence-electron chi connectivity index (χ4n) is 1.90. The molecular formula is C14H7F4NOS. The van der Waals surface area contributed by atoms with Gasteiger partial charge in [0.25, 0.3) is 0 Å². The number of halogens is 4. The normalized spacial score (nSPS) is 12.0. The van der Waals surface area contributed by atoms with Gasteiger partial charge in [-0.1, -0.05) is 0 Å². The number of phenolic OH excluding ortho intramolecular Hbond substituents is 1. The zero-order valence-electron chi connectivity index (χ0n) is 10.3. The molecule has 3 aromatic rings. The van der Waals surface area contributed by atoms with Crippen LogP contribution < -0.4 is 0 Å². The maximum Gasteiger partial charge on any atom is 0.416 e. The molecule has 0 bridgehead atoms. The molecule has 0 fully saturated rings. The van der Waals surface area contributed by atoms with Crippen molar-refractivity contribution in [1.82, 2.24) is 4.98 Å². The number of rotatable bonds is 1. The van der Waals surface area contributed by atoms with E-state index in [-0.39, 0.29) is 16.8 Å². The van der Waals surface area contributed by atoms with Crippen LogP contribution in [0.5, 0.6) is 5.75 Å². The molecule has 0 unspecified atom stereocenters. The molecule has 1 aromatic heterocycles. The van der Waals surface area contributed by atoms with Gasteiger partial charge in [-0.2, -0.15) is 13.2 Å². The number of hydrogen-bond acceptors (Lipinski definition) is 3. The Morgan fingerprint density at radius 3 is 2.48 bits per heavy atom. The van der Waals surface area contributed by atoms with Crippen molar-refractivity contribution in [3.8, 4) is 16.3 Å². The first kappa shape index (κ1) is 13.8. The summed E-state index contributed by atoms with van der Waals surface area (Å²) in [6.45, 7) is 0. The highest BCUT2D eigenvalue weighted by molar-refractivity contribution is 7.21. The molecule has 108 valence electrons. The highest BCUT2D eigenvalue weighted by Crippen LogP contribution is 2.37. The molecule has 0 spiro atoms. The van der Waals surface area contributed by atoms with Gasteiger partial charge < -0.3 is 5.11 Å². The molecule has 0 atom stereocenters. The van der Waals surface area contributed by atoms with Crippen LogP contribution in [0.25, 0.3) is 20.8 Å². The molecule has 2 aromatic carbocycles. The van der Waals surface area contributed by atoms with E-state index >= 15 is 0 Å². The van der Waals surface area contributed by atoms with Crippen molar-refractivity contribution in [2.75, 3.05) is 0 Å². The highest BCUT2D eigenvalue weighted by atomic mass is 32.1. The van der Waals surface area contributed by atoms with Crippen LogP contribution in [-0.2, 0) is 6.18 Å². The van der Waals surface area contributed by atoms with Crippen molar-refractivity contribution in [2.45, 2.75) is 6.18 Å². The Hall–Kier alpha value is -2.15.